The van der Waals surface area contributed by atoms with Gasteiger partial charge in [-0.25, -0.2) is 4.98 Å². The van der Waals surface area contributed by atoms with Crippen molar-refractivity contribution >= 4 is 32.4 Å². The zero-order chi connectivity index (χ0) is 11.5. The van der Waals surface area contributed by atoms with Crippen molar-refractivity contribution in [1.82, 2.24) is 4.98 Å². The number of anilines is 1. The highest BCUT2D eigenvalue weighted by molar-refractivity contribution is 9.10. The van der Waals surface area contributed by atoms with E-state index in [-0.39, 0.29) is 6.04 Å². The van der Waals surface area contributed by atoms with E-state index >= 15 is 0 Å². The molecule has 0 saturated carbocycles. The Morgan fingerprint density at radius 1 is 1.44 bits per heavy atom. The van der Waals surface area contributed by atoms with Gasteiger partial charge in [0, 0.05) is 9.85 Å². The van der Waals surface area contributed by atoms with Crippen molar-refractivity contribution in [2.75, 3.05) is 5.32 Å². The quantitative estimate of drug-likeness (QED) is 0.909. The van der Waals surface area contributed by atoms with Gasteiger partial charge >= 0.3 is 0 Å². The number of nitrogens with zero attached hydrogens (tertiary/aromatic N) is 1. The fraction of sp³-hybridized carbons (Fsp3) is 0.250. The number of hydrogen-bond acceptors (Lipinski definition) is 3. The van der Waals surface area contributed by atoms with Crippen molar-refractivity contribution < 1.29 is 0 Å². The van der Waals surface area contributed by atoms with E-state index in [0.717, 1.165) is 15.3 Å². The SMILES string of the molecule is Cc1csc(NC(C)c2cccc(Br)c2)n1. The van der Waals surface area contributed by atoms with Gasteiger partial charge in [0.25, 0.3) is 0 Å². The largest absolute Gasteiger partial charge is 0.355 e. The third-order valence-electron chi connectivity index (χ3n) is 2.31. The molecule has 1 aromatic heterocycles. The second-order valence-corrected chi connectivity index (χ2v) is 5.49. The molecule has 84 valence electrons. The topological polar surface area (TPSA) is 24.9 Å². The fourth-order valence-electron chi connectivity index (χ4n) is 1.46. The highest BCUT2D eigenvalue weighted by Crippen LogP contribution is 2.23. The lowest BCUT2D eigenvalue weighted by molar-refractivity contribution is 0.879. The second-order valence-electron chi connectivity index (χ2n) is 3.72. The van der Waals surface area contributed by atoms with E-state index in [9.17, 15) is 0 Å². The van der Waals surface area contributed by atoms with Crippen LogP contribution in [0.4, 0.5) is 5.13 Å². The van der Waals surface area contributed by atoms with Crippen LogP contribution >= 0.6 is 27.3 Å². The molecule has 2 rings (SSSR count). The Labute approximate surface area is 108 Å². The Kier molecular flexibility index (Phi) is 3.61. The first-order valence-electron chi connectivity index (χ1n) is 5.09. The first-order valence-corrected chi connectivity index (χ1v) is 6.76. The van der Waals surface area contributed by atoms with Gasteiger partial charge in [0.1, 0.15) is 0 Å². The minimum absolute atomic E-state index is 0.267. The van der Waals surface area contributed by atoms with Gasteiger partial charge in [-0.2, -0.15) is 0 Å². The van der Waals surface area contributed by atoms with E-state index in [4.69, 9.17) is 0 Å². The minimum Gasteiger partial charge on any atom is -0.355 e. The summed E-state index contributed by atoms with van der Waals surface area (Å²) in [5.41, 5.74) is 2.32. The summed E-state index contributed by atoms with van der Waals surface area (Å²) < 4.78 is 1.11. The van der Waals surface area contributed by atoms with E-state index in [1.165, 1.54) is 5.56 Å². The lowest BCUT2D eigenvalue weighted by atomic mass is 10.1. The molecule has 0 aliphatic heterocycles. The number of rotatable bonds is 3. The van der Waals surface area contributed by atoms with Crippen LogP contribution in [0.3, 0.4) is 0 Å². The van der Waals surface area contributed by atoms with Crippen LogP contribution < -0.4 is 5.32 Å². The summed E-state index contributed by atoms with van der Waals surface area (Å²) in [5.74, 6) is 0. The standard InChI is InChI=1S/C12H13BrN2S/c1-8-7-16-12(14-8)15-9(2)10-4-3-5-11(13)6-10/h3-7,9H,1-2H3,(H,14,15). The van der Waals surface area contributed by atoms with Gasteiger partial charge in [0.2, 0.25) is 0 Å². The van der Waals surface area contributed by atoms with E-state index in [0.29, 0.717) is 0 Å². The molecule has 0 spiro atoms. The van der Waals surface area contributed by atoms with Crippen LogP contribution in [0.5, 0.6) is 0 Å². The maximum atomic E-state index is 4.39. The fourth-order valence-corrected chi connectivity index (χ4v) is 2.66. The van der Waals surface area contributed by atoms with Crippen molar-refractivity contribution in [3.8, 4) is 0 Å². The monoisotopic (exact) mass is 296 g/mol. The molecule has 2 aromatic rings. The van der Waals surface area contributed by atoms with Crippen molar-refractivity contribution in [3.63, 3.8) is 0 Å². The number of aromatic nitrogens is 1. The summed E-state index contributed by atoms with van der Waals surface area (Å²) in [5, 5.41) is 6.42. The molecule has 0 aliphatic carbocycles. The maximum absolute atomic E-state index is 4.39. The third-order valence-corrected chi connectivity index (χ3v) is 3.69. The van der Waals surface area contributed by atoms with Crippen LogP contribution in [0, 0.1) is 6.92 Å². The molecule has 1 aromatic carbocycles. The van der Waals surface area contributed by atoms with Gasteiger partial charge in [-0.3, -0.25) is 0 Å². The first kappa shape index (κ1) is 11.6. The highest BCUT2D eigenvalue weighted by Gasteiger charge is 2.07. The molecule has 1 heterocycles. The summed E-state index contributed by atoms with van der Waals surface area (Å²) in [4.78, 5) is 4.39. The Morgan fingerprint density at radius 3 is 2.88 bits per heavy atom. The van der Waals surface area contributed by atoms with E-state index in [1.54, 1.807) is 11.3 Å². The Bertz CT molecular complexity index is 481. The zero-order valence-electron chi connectivity index (χ0n) is 9.20. The molecule has 0 bridgehead atoms. The minimum atomic E-state index is 0.267. The van der Waals surface area contributed by atoms with Crippen molar-refractivity contribution in [2.24, 2.45) is 0 Å². The summed E-state index contributed by atoms with van der Waals surface area (Å²) in [7, 11) is 0. The Morgan fingerprint density at radius 2 is 2.25 bits per heavy atom. The van der Waals surface area contributed by atoms with Crippen LogP contribution in [0.1, 0.15) is 24.2 Å². The van der Waals surface area contributed by atoms with Gasteiger partial charge in [-0.05, 0) is 31.5 Å². The molecule has 0 radical (unpaired) electrons. The van der Waals surface area contributed by atoms with Crippen LogP contribution in [-0.2, 0) is 0 Å². The van der Waals surface area contributed by atoms with Gasteiger partial charge in [0.05, 0.1) is 11.7 Å². The predicted octanol–water partition coefficient (Wildman–Crippen LogP) is 4.39. The molecule has 0 amide bonds. The second kappa shape index (κ2) is 4.97. The van der Waals surface area contributed by atoms with Crippen LogP contribution in [0.25, 0.3) is 0 Å². The molecular formula is C12H13BrN2S. The Hall–Kier alpha value is -0.870. The number of aryl methyl sites for hydroxylation is 1. The van der Waals surface area contributed by atoms with E-state index in [2.05, 4.69) is 50.7 Å². The van der Waals surface area contributed by atoms with Crippen LogP contribution in [0.15, 0.2) is 34.1 Å². The summed E-state index contributed by atoms with van der Waals surface area (Å²) in [6.45, 7) is 4.14. The normalized spacial score (nSPS) is 12.4. The van der Waals surface area contributed by atoms with Crippen LogP contribution in [-0.4, -0.2) is 4.98 Å². The number of halogens is 1. The number of hydrogen-bond donors (Lipinski definition) is 1. The van der Waals surface area contributed by atoms with Gasteiger partial charge in [0.15, 0.2) is 5.13 Å². The Balaban J connectivity index is 2.11. The number of benzene rings is 1. The predicted molar refractivity (Wildman–Crippen MR) is 73.0 cm³/mol. The zero-order valence-corrected chi connectivity index (χ0v) is 11.6. The van der Waals surface area contributed by atoms with Crippen LogP contribution in [0.2, 0.25) is 0 Å². The summed E-state index contributed by atoms with van der Waals surface area (Å²) >= 11 is 5.12. The third kappa shape index (κ3) is 2.83. The first-order chi connectivity index (χ1) is 7.65. The molecule has 0 aliphatic rings. The van der Waals surface area contributed by atoms with E-state index in [1.807, 2.05) is 19.1 Å². The van der Waals surface area contributed by atoms with Gasteiger partial charge in [-0.1, -0.05) is 28.1 Å². The molecule has 1 N–H and O–H groups in total. The molecule has 1 unspecified atom stereocenters. The summed E-state index contributed by atoms with van der Waals surface area (Å²) in [6.07, 6.45) is 0. The molecule has 2 nitrogen and oxygen atoms in total. The average molecular weight is 297 g/mol. The number of nitrogens with one attached hydrogen (secondary N) is 1. The smallest absolute Gasteiger partial charge is 0.183 e. The lowest BCUT2D eigenvalue weighted by Crippen LogP contribution is -2.06. The molecule has 16 heavy (non-hydrogen) atoms. The molecule has 0 saturated heterocycles. The number of thiazole rings is 1. The molecular weight excluding hydrogens is 284 g/mol. The van der Waals surface area contributed by atoms with Crippen molar-refractivity contribution in [3.05, 3.63) is 45.4 Å². The van der Waals surface area contributed by atoms with Crippen molar-refractivity contribution in [2.45, 2.75) is 19.9 Å². The maximum Gasteiger partial charge on any atom is 0.183 e. The van der Waals surface area contributed by atoms with Gasteiger partial charge in [-0.15, -0.1) is 11.3 Å². The lowest BCUT2D eigenvalue weighted by Gasteiger charge is -2.13. The summed E-state index contributed by atoms with van der Waals surface area (Å²) in [6, 6.07) is 8.58. The molecule has 4 heteroatoms. The van der Waals surface area contributed by atoms with E-state index < -0.39 is 0 Å². The highest BCUT2D eigenvalue weighted by atomic mass is 79.9. The van der Waals surface area contributed by atoms with Gasteiger partial charge < -0.3 is 5.32 Å². The molecule has 1 atom stereocenters. The molecule has 0 fully saturated rings. The van der Waals surface area contributed by atoms with Crippen molar-refractivity contribution in [1.29, 1.82) is 0 Å². The average Bonchev–Trinajstić information content (AvgIpc) is 2.64.